The van der Waals surface area contributed by atoms with Crippen LogP contribution in [0.4, 0.5) is 4.39 Å². The summed E-state index contributed by atoms with van der Waals surface area (Å²) in [5.41, 5.74) is 1.45. The molecule has 0 heterocycles. The molecule has 2 fully saturated rings. The molecule has 0 saturated heterocycles. The number of hydrogen-bond donors (Lipinski definition) is 1. The van der Waals surface area contributed by atoms with Crippen molar-refractivity contribution in [2.75, 3.05) is 0 Å². The van der Waals surface area contributed by atoms with Crippen molar-refractivity contribution in [1.82, 2.24) is 0 Å². The van der Waals surface area contributed by atoms with Crippen LogP contribution >= 0.6 is 0 Å². The largest absolute Gasteiger partial charge is 0.390 e. The lowest BCUT2D eigenvalue weighted by atomic mass is 9.73. The number of benzene rings is 1. The minimum Gasteiger partial charge on any atom is -0.390 e. The second-order valence-corrected chi connectivity index (χ2v) is 6.67. The van der Waals surface area contributed by atoms with Crippen LogP contribution < -0.4 is 0 Å². The number of hydrogen-bond acceptors (Lipinski definition) is 1. The Bertz CT molecular complexity index is 466. The van der Waals surface area contributed by atoms with Gasteiger partial charge in [-0.3, -0.25) is 0 Å². The minimum atomic E-state index is -0.607. The highest BCUT2D eigenvalue weighted by atomic mass is 19.1. The lowest BCUT2D eigenvalue weighted by molar-refractivity contribution is -0.0197. The van der Waals surface area contributed by atoms with E-state index in [1.165, 1.54) is 25.3 Å². The second kappa shape index (κ2) is 4.90. The molecule has 0 amide bonds. The first kappa shape index (κ1) is 13.1. The molecule has 1 nitrogen and oxygen atoms in total. The Labute approximate surface area is 114 Å². The van der Waals surface area contributed by atoms with Gasteiger partial charge >= 0.3 is 0 Å². The number of aryl methyl sites for hydroxylation is 1. The van der Waals surface area contributed by atoms with Gasteiger partial charge in [0.25, 0.3) is 0 Å². The van der Waals surface area contributed by atoms with Crippen molar-refractivity contribution < 1.29 is 9.50 Å². The van der Waals surface area contributed by atoms with E-state index in [4.69, 9.17) is 0 Å². The van der Waals surface area contributed by atoms with E-state index in [1.54, 1.807) is 6.07 Å². The Morgan fingerprint density at radius 2 is 2.05 bits per heavy atom. The summed E-state index contributed by atoms with van der Waals surface area (Å²) in [4.78, 5) is 0. The quantitative estimate of drug-likeness (QED) is 0.872. The van der Waals surface area contributed by atoms with Crippen LogP contribution in [0.3, 0.4) is 0 Å². The summed E-state index contributed by atoms with van der Waals surface area (Å²) in [5.74, 6) is 1.37. The van der Waals surface area contributed by atoms with Gasteiger partial charge in [-0.1, -0.05) is 12.5 Å². The molecule has 0 aromatic heterocycles. The summed E-state index contributed by atoms with van der Waals surface area (Å²) in [6.45, 7) is 2.00. The third-order valence-electron chi connectivity index (χ3n) is 4.98. The molecular formula is C17H23FO. The molecule has 2 heteroatoms. The van der Waals surface area contributed by atoms with Crippen LogP contribution in [0.25, 0.3) is 0 Å². The maximum absolute atomic E-state index is 13.4. The Balaban J connectivity index is 1.74. The SMILES string of the molecule is Cc1ccc(F)cc1CC1(O)CCCC(C2CC2)C1. The summed E-state index contributed by atoms with van der Waals surface area (Å²) in [6.07, 6.45) is 7.47. The van der Waals surface area contributed by atoms with Gasteiger partial charge in [-0.25, -0.2) is 4.39 Å². The molecule has 2 unspecified atom stereocenters. The Morgan fingerprint density at radius 1 is 1.26 bits per heavy atom. The predicted octanol–water partition coefficient (Wildman–Crippen LogP) is 4.01. The molecule has 1 aromatic carbocycles. The van der Waals surface area contributed by atoms with E-state index in [9.17, 15) is 9.50 Å². The zero-order chi connectivity index (χ0) is 13.5. The summed E-state index contributed by atoms with van der Waals surface area (Å²) in [7, 11) is 0. The van der Waals surface area contributed by atoms with Crippen LogP contribution in [0, 0.1) is 24.6 Å². The van der Waals surface area contributed by atoms with Gasteiger partial charge in [0, 0.05) is 6.42 Å². The van der Waals surface area contributed by atoms with E-state index in [0.29, 0.717) is 12.3 Å². The third-order valence-corrected chi connectivity index (χ3v) is 4.98. The van der Waals surface area contributed by atoms with Gasteiger partial charge < -0.3 is 5.11 Å². The molecule has 19 heavy (non-hydrogen) atoms. The highest BCUT2D eigenvalue weighted by Gasteiger charge is 2.41. The summed E-state index contributed by atoms with van der Waals surface area (Å²) in [6, 6.07) is 4.90. The van der Waals surface area contributed by atoms with Gasteiger partial charge in [0.2, 0.25) is 0 Å². The Hall–Kier alpha value is -0.890. The van der Waals surface area contributed by atoms with Crippen molar-refractivity contribution in [3.8, 4) is 0 Å². The molecule has 2 aliphatic carbocycles. The van der Waals surface area contributed by atoms with Crippen LogP contribution in [0.5, 0.6) is 0 Å². The first-order chi connectivity index (χ1) is 9.06. The van der Waals surface area contributed by atoms with E-state index < -0.39 is 5.60 Å². The summed E-state index contributed by atoms with van der Waals surface area (Å²) < 4.78 is 13.4. The van der Waals surface area contributed by atoms with E-state index in [1.807, 2.05) is 13.0 Å². The summed E-state index contributed by atoms with van der Waals surface area (Å²) in [5, 5.41) is 10.9. The Kier molecular flexibility index (Phi) is 3.38. The molecule has 2 saturated carbocycles. The van der Waals surface area contributed by atoms with Crippen LogP contribution in [0.1, 0.15) is 49.7 Å². The van der Waals surface area contributed by atoms with Crippen LogP contribution in [-0.4, -0.2) is 10.7 Å². The van der Waals surface area contributed by atoms with Crippen molar-refractivity contribution >= 4 is 0 Å². The van der Waals surface area contributed by atoms with Gasteiger partial charge in [-0.05, 0) is 74.1 Å². The topological polar surface area (TPSA) is 20.2 Å². The van der Waals surface area contributed by atoms with Crippen molar-refractivity contribution in [1.29, 1.82) is 0 Å². The normalized spacial score (nSPS) is 31.4. The summed E-state index contributed by atoms with van der Waals surface area (Å²) >= 11 is 0. The molecular weight excluding hydrogens is 239 g/mol. The van der Waals surface area contributed by atoms with E-state index >= 15 is 0 Å². The van der Waals surface area contributed by atoms with Gasteiger partial charge in [0.05, 0.1) is 5.60 Å². The molecule has 0 aliphatic heterocycles. The van der Waals surface area contributed by atoms with Crippen molar-refractivity contribution in [3.05, 3.63) is 35.1 Å². The smallest absolute Gasteiger partial charge is 0.123 e. The zero-order valence-corrected chi connectivity index (χ0v) is 11.7. The molecule has 2 atom stereocenters. The van der Waals surface area contributed by atoms with Crippen molar-refractivity contribution in [2.45, 2.75) is 57.5 Å². The molecule has 104 valence electrons. The number of halogens is 1. The fourth-order valence-corrected chi connectivity index (χ4v) is 3.70. The van der Waals surface area contributed by atoms with E-state index in [-0.39, 0.29) is 5.82 Å². The first-order valence-electron chi connectivity index (χ1n) is 7.53. The predicted molar refractivity (Wildman–Crippen MR) is 74.5 cm³/mol. The first-order valence-corrected chi connectivity index (χ1v) is 7.53. The van der Waals surface area contributed by atoms with E-state index in [0.717, 1.165) is 36.3 Å². The third kappa shape index (κ3) is 3.00. The Morgan fingerprint density at radius 3 is 2.79 bits per heavy atom. The average molecular weight is 262 g/mol. The van der Waals surface area contributed by atoms with Crippen molar-refractivity contribution in [2.24, 2.45) is 11.8 Å². The van der Waals surface area contributed by atoms with Gasteiger partial charge in [0.15, 0.2) is 0 Å². The molecule has 1 N–H and O–H groups in total. The van der Waals surface area contributed by atoms with Gasteiger partial charge in [-0.2, -0.15) is 0 Å². The maximum Gasteiger partial charge on any atom is 0.123 e. The second-order valence-electron chi connectivity index (χ2n) is 6.67. The lowest BCUT2D eigenvalue weighted by Crippen LogP contribution is -2.38. The molecule has 3 rings (SSSR count). The van der Waals surface area contributed by atoms with Gasteiger partial charge in [0.1, 0.15) is 5.82 Å². The molecule has 2 aliphatic rings. The highest BCUT2D eigenvalue weighted by molar-refractivity contribution is 5.28. The van der Waals surface area contributed by atoms with E-state index in [2.05, 4.69) is 0 Å². The molecule has 0 spiro atoms. The monoisotopic (exact) mass is 262 g/mol. The van der Waals surface area contributed by atoms with Crippen LogP contribution in [-0.2, 0) is 6.42 Å². The van der Waals surface area contributed by atoms with Crippen LogP contribution in [0.15, 0.2) is 18.2 Å². The average Bonchev–Trinajstić information content (AvgIpc) is 3.18. The molecule has 0 bridgehead atoms. The minimum absolute atomic E-state index is 0.196. The van der Waals surface area contributed by atoms with Crippen LogP contribution in [0.2, 0.25) is 0 Å². The van der Waals surface area contributed by atoms with Gasteiger partial charge in [-0.15, -0.1) is 0 Å². The highest BCUT2D eigenvalue weighted by Crippen LogP contribution is 2.47. The molecule has 0 radical (unpaired) electrons. The fourth-order valence-electron chi connectivity index (χ4n) is 3.70. The molecule has 1 aromatic rings. The lowest BCUT2D eigenvalue weighted by Gasteiger charge is -2.37. The zero-order valence-electron chi connectivity index (χ0n) is 11.7. The standard InChI is InChI=1S/C17H23FO/c1-12-4-7-16(18)9-15(12)11-17(19)8-2-3-14(10-17)13-5-6-13/h4,7,9,13-14,19H,2-3,5-6,8,10-11H2,1H3. The number of aliphatic hydroxyl groups is 1. The van der Waals surface area contributed by atoms with Crippen molar-refractivity contribution in [3.63, 3.8) is 0 Å². The number of rotatable bonds is 3. The maximum atomic E-state index is 13.4. The fraction of sp³-hybridized carbons (Fsp3) is 0.647.